The van der Waals surface area contributed by atoms with Crippen LogP contribution in [0.5, 0.6) is 0 Å². The van der Waals surface area contributed by atoms with Crippen LogP contribution in [0.3, 0.4) is 0 Å². The molecule has 0 amide bonds. The van der Waals surface area contributed by atoms with Crippen LogP contribution in [-0.4, -0.2) is 41.2 Å². The Kier molecular flexibility index (Phi) is 15.3. The molecule has 0 rings (SSSR count). The van der Waals surface area contributed by atoms with Crippen molar-refractivity contribution < 1.29 is 14.2 Å². The van der Waals surface area contributed by atoms with Gasteiger partial charge < -0.3 is 14.2 Å². The van der Waals surface area contributed by atoms with Gasteiger partial charge in [-0.05, 0) is 16.2 Å². The van der Waals surface area contributed by atoms with E-state index < -0.39 is 0 Å². The molecule has 0 saturated carbocycles. The summed E-state index contributed by atoms with van der Waals surface area (Å²) in [5.41, 5.74) is 0.984. The van der Waals surface area contributed by atoms with Gasteiger partial charge in [0.05, 0.1) is 19.8 Å². The van der Waals surface area contributed by atoms with Crippen molar-refractivity contribution in [2.75, 3.05) is 41.2 Å². The number of ether oxygens (including phenoxy) is 3. The lowest BCUT2D eigenvalue weighted by Crippen LogP contribution is -2.12. The predicted octanol–water partition coefficient (Wildman–Crippen LogP) is 5.04. The second-order valence-electron chi connectivity index (χ2n) is 8.98. The maximum Gasteiger partial charge on any atom is 0.0510 e. The van der Waals surface area contributed by atoms with Crippen LogP contribution in [0.25, 0.3) is 0 Å². The Balaban J connectivity index is -0.000000231. The molecule has 0 spiro atoms. The normalized spacial score (nSPS) is 12.0. The average Bonchev–Trinajstić information content (AvgIpc) is 2.12. The Morgan fingerprint density at radius 3 is 0.571 bits per heavy atom. The minimum absolute atomic E-state index is 0.328. The molecule has 21 heavy (non-hydrogen) atoms. The lowest BCUT2D eigenvalue weighted by molar-refractivity contribution is 0.116. The van der Waals surface area contributed by atoms with E-state index in [1.807, 2.05) is 0 Å². The molecule has 0 heterocycles. The number of methoxy groups -OCH3 is 3. The predicted molar refractivity (Wildman–Crippen MR) is 94.0 cm³/mol. The van der Waals surface area contributed by atoms with E-state index in [0.29, 0.717) is 16.2 Å². The molecular formula is C18H42O3. The standard InChI is InChI=1S/3C6H14O/c3*1-6(2,3)5-7-4/h3*5H2,1-4H3. The molecule has 0 aromatic rings. The Morgan fingerprint density at radius 1 is 0.429 bits per heavy atom. The lowest BCUT2D eigenvalue weighted by Gasteiger charge is -2.15. The van der Waals surface area contributed by atoms with Gasteiger partial charge in [-0.1, -0.05) is 62.3 Å². The summed E-state index contributed by atoms with van der Waals surface area (Å²) in [6, 6.07) is 0. The third kappa shape index (κ3) is 45.0. The topological polar surface area (TPSA) is 27.7 Å². The van der Waals surface area contributed by atoms with E-state index >= 15 is 0 Å². The summed E-state index contributed by atoms with van der Waals surface area (Å²) in [6.07, 6.45) is 0. The largest absolute Gasteiger partial charge is 0.384 e. The van der Waals surface area contributed by atoms with E-state index in [9.17, 15) is 0 Å². The van der Waals surface area contributed by atoms with Crippen LogP contribution in [0.2, 0.25) is 0 Å². The van der Waals surface area contributed by atoms with Gasteiger partial charge in [0.25, 0.3) is 0 Å². The van der Waals surface area contributed by atoms with Crippen molar-refractivity contribution >= 4 is 0 Å². The minimum Gasteiger partial charge on any atom is -0.384 e. The molecule has 132 valence electrons. The van der Waals surface area contributed by atoms with Gasteiger partial charge in [0.2, 0.25) is 0 Å². The monoisotopic (exact) mass is 306 g/mol. The van der Waals surface area contributed by atoms with Crippen LogP contribution in [0.1, 0.15) is 62.3 Å². The van der Waals surface area contributed by atoms with Crippen LogP contribution in [0, 0.1) is 16.2 Å². The zero-order chi connectivity index (χ0) is 17.7. The first kappa shape index (κ1) is 25.8. The fourth-order valence-corrected chi connectivity index (χ4v) is 1.30. The molecule has 0 aromatic carbocycles. The first-order chi connectivity index (χ1) is 9.18. The van der Waals surface area contributed by atoms with E-state index in [0.717, 1.165) is 19.8 Å². The highest BCUT2D eigenvalue weighted by molar-refractivity contribution is 4.58. The van der Waals surface area contributed by atoms with Gasteiger partial charge in [0.1, 0.15) is 0 Å². The molecule has 0 bridgehead atoms. The molecule has 0 aliphatic rings. The summed E-state index contributed by atoms with van der Waals surface area (Å²) in [5, 5.41) is 0. The Bertz CT molecular complexity index is 166. The maximum atomic E-state index is 4.91. The average molecular weight is 307 g/mol. The van der Waals surface area contributed by atoms with E-state index in [4.69, 9.17) is 14.2 Å². The highest BCUT2D eigenvalue weighted by Crippen LogP contribution is 2.12. The molecule has 0 saturated heterocycles. The molecule has 0 aromatic heterocycles. The summed E-state index contributed by atoms with van der Waals surface area (Å²) >= 11 is 0. The second kappa shape index (κ2) is 12.4. The number of hydrogen-bond acceptors (Lipinski definition) is 3. The molecule has 3 heteroatoms. The Hall–Kier alpha value is -0.120. The highest BCUT2D eigenvalue weighted by Gasteiger charge is 2.08. The Morgan fingerprint density at radius 2 is 0.571 bits per heavy atom. The molecule has 0 fully saturated rings. The fraction of sp³-hybridized carbons (Fsp3) is 1.00. The van der Waals surface area contributed by atoms with Crippen molar-refractivity contribution in [1.29, 1.82) is 0 Å². The van der Waals surface area contributed by atoms with E-state index in [1.54, 1.807) is 21.3 Å². The molecule has 0 aliphatic carbocycles. The number of hydrogen-bond donors (Lipinski definition) is 0. The SMILES string of the molecule is COCC(C)(C)C.COCC(C)(C)C.COCC(C)(C)C. The quantitative estimate of drug-likeness (QED) is 0.731. The van der Waals surface area contributed by atoms with Gasteiger partial charge >= 0.3 is 0 Å². The van der Waals surface area contributed by atoms with E-state index in [1.165, 1.54) is 0 Å². The summed E-state index contributed by atoms with van der Waals surface area (Å²) in [6.45, 7) is 21.9. The fourth-order valence-electron chi connectivity index (χ4n) is 1.30. The van der Waals surface area contributed by atoms with Gasteiger partial charge in [0.15, 0.2) is 0 Å². The first-order valence-corrected chi connectivity index (χ1v) is 7.65. The van der Waals surface area contributed by atoms with Gasteiger partial charge in [-0.3, -0.25) is 0 Å². The molecule has 3 nitrogen and oxygen atoms in total. The van der Waals surface area contributed by atoms with Crippen molar-refractivity contribution in [2.45, 2.75) is 62.3 Å². The van der Waals surface area contributed by atoms with Crippen molar-refractivity contribution in [3.63, 3.8) is 0 Å². The summed E-state index contributed by atoms with van der Waals surface area (Å²) in [5.74, 6) is 0. The van der Waals surface area contributed by atoms with Gasteiger partial charge in [-0.2, -0.15) is 0 Å². The van der Waals surface area contributed by atoms with Crippen LogP contribution in [-0.2, 0) is 14.2 Å². The third-order valence-electron chi connectivity index (χ3n) is 1.73. The van der Waals surface area contributed by atoms with Crippen molar-refractivity contribution in [3.05, 3.63) is 0 Å². The van der Waals surface area contributed by atoms with Gasteiger partial charge in [-0.25, -0.2) is 0 Å². The summed E-state index contributed by atoms with van der Waals surface area (Å²) in [7, 11) is 5.18. The zero-order valence-electron chi connectivity index (χ0n) is 16.8. The Labute approximate surface area is 134 Å². The maximum absolute atomic E-state index is 4.91. The molecule has 0 atom stereocenters. The van der Waals surface area contributed by atoms with Crippen LogP contribution < -0.4 is 0 Å². The summed E-state index contributed by atoms with van der Waals surface area (Å²) in [4.78, 5) is 0. The molecule has 0 aliphatic heterocycles. The van der Waals surface area contributed by atoms with E-state index in [2.05, 4.69) is 62.3 Å². The number of rotatable bonds is 3. The minimum atomic E-state index is 0.328. The van der Waals surface area contributed by atoms with Gasteiger partial charge in [0, 0.05) is 21.3 Å². The van der Waals surface area contributed by atoms with Gasteiger partial charge in [-0.15, -0.1) is 0 Å². The lowest BCUT2D eigenvalue weighted by atomic mass is 9.99. The molecule has 0 N–H and O–H groups in total. The summed E-state index contributed by atoms with van der Waals surface area (Å²) < 4.78 is 14.7. The van der Waals surface area contributed by atoms with Crippen molar-refractivity contribution in [3.8, 4) is 0 Å². The first-order valence-electron chi connectivity index (χ1n) is 7.65. The van der Waals surface area contributed by atoms with Crippen LogP contribution in [0.15, 0.2) is 0 Å². The smallest absolute Gasteiger partial charge is 0.0510 e. The zero-order valence-corrected chi connectivity index (χ0v) is 16.8. The second-order valence-corrected chi connectivity index (χ2v) is 8.98. The van der Waals surface area contributed by atoms with Crippen LogP contribution >= 0.6 is 0 Å². The van der Waals surface area contributed by atoms with Crippen molar-refractivity contribution in [2.24, 2.45) is 16.2 Å². The highest BCUT2D eigenvalue weighted by atomic mass is 16.5. The van der Waals surface area contributed by atoms with Crippen LogP contribution in [0.4, 0.5) is 0 Å². The van der Waals surface area contributed by atoms with Crippen molar-refractivity contribution in [1.82, 2.24) is 0 Å². The molecular weight excluding hydrogens is 264 g/mol. The van der Waals surface area contributed by atoms with E-state index in [-0.39, 0.29) is 0 Å². The molecule has 0 unspecified atom stereocenters. The third-order valence-corrected chi connectivity index (χ3v) is 1.73. The molecule has 0 radical (unpaired) electrons.